The number of nitrogens with one attached hydrogen (secondary N) is 1. The average Bonchev–Trinajstić information content (AvgIpc) is 3.16. The number of benzene rings is 3. The van der Waals surface area contributed by atoms with E-state index in [1.165, 1.54) is 22.6 Å². The van der Waals surface area contributed by atoms with Gasteiger partial charge in [0.05, 0.1) is 23.1 Å². The van der Waals surface area contributed by atoms with Gasteiger partial charge in [-0.1, -0.05) is 42.5 Å². The van der Waals surface area contributed by atoms with Gasteiger partial charge in [0.1, 0.15) is 0 Å². The largest absolute Gasteiger partial charge is 0.452 e. The van der Waals surface area contributed by atoms with Crippen LogP contribution in [-0.4, -0.2) is 30.3 Å². The van der Waals surface area contributed by atoms with Gasteiger partial charge >= 0.3 is 5.97 Å². The SMILES string of the molecule is Cc1cc(C)cc(NC(=O)COC(=O)c2cccc(N3C(=O)[C@H]4C[C@H](c5ccccc5)CC[C@H]4C3=O)c2)c1. The van der Waals surface area contributed by atoms with Crippen LogP contribution in [0.25, 0.3) is 0 Å². The molecule has 0 spiro atoms. The molecule has 3 aromatic rings. The molecule has 0 radical (unpaired) electrons. The highest BCUT2D eigenvalue weighted by Gasteiger charge is 2.50. The molecule has 3 aromatic carbocycles. The number of nitrogens with zero attached hydrogens (tertiary/aromatic N) is 1. The Labute approximate surface area is 221 Å². The van der Waals surface area contributed by atoms with E-state index >= 15 is 0 Å². The van der Waals surface area contributed by atoms with Gasteiger partial charge in [0.15, 0.2) is 6.61 Å². The maximum absolute atomic E-state index is 13.4. The first-order valence-electron chi connectivity index (χ1n) is 12.9. The molecule has 5 rings (SSSR count). The Hall–Kier alpha value is -4.26. The fourth-order valence-corrected chi connectivity index (χ4v) is 5.69. The number of aryl methyl sites for hydroxylation is 2. The monoisotopic (exact) mass is 510 g/mol. The Bertz CT molecular complexity index is 1380. The molecular formula is C31H30N2O5. The molecule has 7 nitrogen and oxygen atoms in total. The van der Waals surface area contributed by atoms with E-state index in [2.05, 4.69) is 17.4 Å². The first-order valence-corrected chi connectivity index (χ1v) is 12.9. The van der Waals surface area contributed by atoms with Gasteiger partial charge in [-0.25, -0.2) is 4.79 Å². The second-order valence-electron chi connectivity index (χ2n) is 10.2. The lowest BCUT2D eigenvalue weighted by molar-refractivity contribution is -0.122. The molecular weight excluding hydrogens is 480 g/mol. The quantitative estimate of drug-likeness (QED) is 0.365. The predicted octanol–water partition coefficient (Wildman–Crippen LogP) is 5.17. The topological polar surface area (TPSA) is 92.8 Å². The third kappa shape index (κ3) is 5.23. The summed E-state index contributed by atoms with van der Waals surface area (Å²) in [7, 11) is 0. The summed E-state index contributed by atoms with van der Waals surface area (Å²) in [5, 5.41) is 2.73. The third-order valence-electron chi connectivity index (χ3n) is 7.38. The fraction of sp³-hybridized carbons (Fsp3) is 0.290. The van der Waals surface area contributed by atoms with Gasteiger partial charge in [-0.05, 0) is 86.1 Å². The maximum atomic E-state index is 13.4. The van der Waals surface area contributed by atoms with Crippen LogP contribution in [0.4, 0.5) is 11.4 Å². The van der Waals surface area contributed by atoms with E-state index in [4.69, 9.17) is 4.74 Å². The van der Waals surface area contributed by atoms with E-state index < -0.39 is 18.5 Å². The third-order valence-corrected chi connectivity index (χ3v) is 7.38. The summed E-state index contributed by atoms with van der Waals surface area (Å²) in [4.78, 5) is 52.9. The van der Waals surface area contributed by atoms with Crippen LogP contribution >= 0.6 is 0 Å². The zero-order valence-corrected chi connectivity index (χ0v) is 21.5. The number of carbonyl (C=O) groups is 4. The van der Waals surface area contributed by atoms with Gasteiger partial charge in [-0.15, -0.1) is 0 Å². The highest BCUT2D eigenvalue weighted by Crippen LogP contribution is 2.45. The number of carbonyl (C=O) groups excluding carboxylic acids is 4. The highest BCUT2D eigenvalue weighted by atomic mass is 16.5. The molecule has 2 aliphatic rings. The smallest absolute Gasteiger partial charge is 0.338 e. The number of ether oxygens (including phenoxy) is 1. The number of fused-ring (bicyclic) bond motifs is 1. The van der Waals surface area contributed by atoms with E-state index in [9.17, 15) is 19.2 Å². The van der Waals surface area contributed by atoms with Crippen molar-refractivity contribution in [2.24, 2.45) is 11.8 Å². The molecule has 7 heteroatoms. The second-order valence-corrected chi connectivity index (χ2v) is 10.2. The molecule has 38 heavy (non-hydrogen) atoms. The second kappa shape index (κ2) is 10.6. The minimum absolute atomic E-state index is 0.166. The van der Waals surface area contributed by atoms with Crippen molar-refractivity contribution >= 4 is 35.1 Å². The minimum atomic E-state index is -0.705. The van der Waals surface area contributed by atoms with Crippen molar-refractivity contribution in [3.63, 3.8) is 0 Å². The van der Waals surface area contributed by atoms with Crippen molar-refractivity contribution in [1.82, 2.24) is 0 Å². The van der Waals surface area contributed by atoms with Gasteiger partial charge in [0.25, 0.3) is 5.91 Å². The van der Waals surface area contributed by atoms with Crippen molar-refractivity contribution < 1.29 is 23.9 Å². The summed E-state index contributed by atoms with van der Waals surface area (Å²) >= 11 is 0. The van der Waals surface area contributed by atoms with Gasteiger partial charge in [-0.3, -0.25) is 19.3 Å². The van der Waals surface area contributed by atoms with Crippen molar-refractivity contribution in [2.45, 2.75) is 39.0 Å². The number of amides is 3. The summed E-state index contributed by atoms with van der Waals surface area (Å²) in [5.41, 5.74) is 4.36. The Balaban J connectivity index is 1.24. The van der Waals surface area contributed by atoms with Crippen LogP contribution in [0, 0.1) is 25.7 Å². The Morgan fingerprint density at radius 2 is 1.58 bits per heavy atom. The summed E-state index contributed by atoms with van der Waals surface area (Å²) in [5.74, 6) is -2.07. The fourth-order valence-electron chi connectivity index (χ4n) is 5.69. The maximum Gasteiger partial charge on any atom is 0.338 e. The molecule has 1 saturated heterocycles. The number of hydrogen-bond donors (Lipinski definition) is 1. The van der Waals surface area contributed by atoms with E-state index in [1.807, 2.05) is 50.2 Å². The molecule has 0 aromatic heterocycles. The van der Waals surface area contributed by atoms with Crippen LogP contribution in [0.15, 0.2) is 72.8 Å². The zero-order chi connectivity index (χ0) is 26.8. The van der Waals surface area contributed by atoms with E-state index in [-0.39, 0.29) is 35.1 Å². The molecule has 0 bridgehead atoms. The Morgan fingerprint density at radius 1 is 0.868 bits per heavy atom. The summed E-state index contributed by atoms with van der Waals surface area (Å²) in [6.45, 7) is 3.41. The zero-order valence-electron chi connectivity index (χ0n) is 21.5. The van der Waals surface area contributed by atoms with Gasteiger partial charge < -0.3 is 10.1 Å². The molecule has 1 aliphatic carbocycles. The van der Waals surface area contributed by atoms with Crippen LogP contribution in [0.3, 0.4) is 0 Å². The summed E-state index contributed by atoms with van der Waals surface area (Å²) in [6, 6.07) is 22.0. The lowest BCUT2D eigenvalue weighted by atomic mass is 9.73. The Kier molecular flexibility index (Phi) is 7.09. The van der Waals surface area contributed by atoms with Crippen LogP contribution in [0.5, 0.6) is 0 Å². The highest BCUT2D eigenvalue weighted by molar-refractivity contribution is 6.22. The molecule has 1 aliphatic heterocycles. The Morgan fingerprint density at radius 3 is 2.32 bits per heavy atom. The van der Waals surface area contributed by atoms with Gasteiger partial charge in [0.2, 0.25) is 11.8 Å². The van der Waals surface area contributed by atoms with Gasteiger partial charge in [-0.2, -0.15) is 0 Å². The van der Waals surface area contributed by atoms with Crippen molar-refractivity contribution in [1.29, 1.82) is 0 Å². The lowest BCUT2D eigenvalue weighted by Crippen LogP contribution is -2.31. The van der Waals surface area contributed by atoms with E-state index in [0.717, 1.165) is 17.5 Å². The molecule has 0 unspecified atom stereocenters. The summed E-state index contributed by atoms with van der Waals surface area (Å²) in [6.07, 6.45) is 2.14. The standard InChI is InChI=1S/C31H30N2O5/c1-19-13-20(2)15-24(14-19)32-28(34)18-38-31(37)23-9-6-10-25(16-23)33-29(35)26-12-11-22(17-27(26)30(33)36)21-7-4-3-5-8-21/h3-10,13-16,22,26-27H,11-12,17-18H2,1-2H3,(H,32,34)/t22-,26-,27+/m1/s1. The number of esters is 1. The van der Waals surface area contributed by atoms with Crippen molar-refractivity contribution in [3.05, 3.63) is 95.1 Å². The van der Waals surface area contributed by atoms with E-state index in [0.29, 0.717) is 24.2 Å². The average molecular weight is 511 g/mol. The van der Waals surface area contributed by atoms with Gasteiger partial charge in [0, 0.05) is 5.69 Å². The van der Waals surface area contributed by atoms with Crippen molar-refractivity contribution in [3.8, 4) is 0 Å². The van der Waals surface area contributed by atoms with Crippen LogP contribution in [-0.2, 0) is 19.1 Å². The number of anilines is 2. The van der Waals surface area contributed by atoms with Crippen LogP contribution in [0.2, 0.25) is 0 Å². The van der Waals surface area contributed by atoms with Crippen molar-refractivity contribution in [2.75, 3.05) is 16.8 Å². The molecule has 194 valence electrons. The lowest BCUT2D eigenvalue weighted by Gasteiger charge is -2.28. The van der Waals surface area contributed by atoms with Crippen LogP contribution in [0.1, 0.15) is 52.2 Å². The first kappa shape index (κ1) is 25.4. The predicted molar refractivity (Wildman–Crippen MR) is 144 cm³/mol. The molecule has 2 fully saturated rings. The molecule has 1 N–H and O–H groups in total. The van der Waals surface area contributed by atoms with Crippen LogP contribution < -0.4 is 10.2 Å². The minimum Gasteiger partial charge on any atom is -0.452 e. The number of rotatable bonds is 6. The normalized spacial score (nSPS) is 20.7. The molecule has 1 heterocycles. The number of hydrogen-bond acceptors (Lipinski definition) is 5. The summed E-state index contributed by atoms with van der Waals surface area (Å²) < 4.78 is 5.21. The molecule has 3 amide bonds. The number of imide groups is 1. The molecule has 3 atom stereocenters. The van der Waals surface area contributed by atoms with E-state index in [1.54, 1.807) is 12.1 Å². The first-order chi connectivity index (χ1) is 18.3. The molecule has 1 saturated carbocycles.